The molecule has 0 fully saturated rings. The molecule has 8 heteroatoms. The molecule has 0 aliphatic heterocycles. The van der Waals surface area contributed by atoms with Crippen LogP contribution in [0.4, 0.5) is 11.5 Å². The predicted octanol–water partition coefficient (Wildman–Crippen LogP) is 6.29. The second-order valence-corrected chi connectivity index (χ2v) is 9.23. The third kappa shape index (κ3) is 5.79. The van der Waals surface area contributed by atoms with E-state index in [-0.39, 0.29) is 0 Å². The zero-order chi connectivity index (χ0) is 24.7. The standard InChI is InChI=1S/C28H28N4O3S/c1-20-6-8-23(9-7-20)36-35-17-15-33-14-16-34-22-5-3-4-21(18-22)30-27-11-10-24-25-19-29-13-12-26(25)32(2)28(24)31-27/h3-13,18-19H,14-17H2,1-2H3,(H,30,31). The summed E-state index contributed by atoms with van der Waals surface area (Å²) in [4.78, 5) is 10.2. The van der Waals surface area contributed by atoms with Gasteiger partial charge in [-0.05, 0) is 49.4 Å². The maximum atomic E-state index is 5.86. The molecular formula is C28H28N4O3S. The summed E-state index contributed by atoms with van der Waals surface area (Å²) < 4.78 is 19.1. The van der Waals surface area contributed by atoms with Gasteiger partial charge in [-0.25, -0.2) is 4.98 Å². The molecule has 3 heterocycles. The Bertz CT molecular complexity index is 1450. The maximum Gasteiger partial charge on any atom is 0.143 e. The number of pyridine rings is 2. The molecule has 5 rings (SSSR count). The number of benzene rings is 2. The van der Waals surface area contributed by atoms with Crippen molar-refractivity contribution in [2.75, 3.05) is 31.7 Å². The third-order valence-corrected chi connectivity index (χ3v) is 6.48. The highest BCUT2D eigenvalue weighted by molar-refractivity contribution is 7.94. The molecule has 36 heavy (non-hydrogen) atoms. The molecule has 1 N–H and O–H groups in total. The molecule has 0 aliphatic carbocycles. The summed E-state index contributed by atoms with van der Waals surface area (Å²) in [6.45, 7) is 4.05. The maximum absolute atomic E-state index is 5.86. The largest absolute Gasteiger partial charge is 0.491 e. The highest BCUT2D eigenvalue weighted by Gasteiger charge is 2.10. The van der Waals surface area contributed by atoms with Gasteiger partial charge in [0.1, 0.15) is 23.8 Å². The van der Waals surface area contributed by atoms with E-state index in [0.29, 0.717) is 26.4 Å². The summed E-state index contributed by atoms with van der Waals surface area (Å²) in [7, 11) is 2.02. The van der Waals surface area contributed by atoms with Gasteiger partial charge in [0, 0.05) is 58.9 Å². The first-order valence-electron chi connectivity index (χ1n) is 11.8. The van der Waals surface area contributed by atoms with Crippen molar-refractivity contribution in [2.45, 2.75) is 11.8 Å². The third-order valence-electron chi connectivity index (χ3n) is 5.73. The number of aryl methyl sites for hydroxylation is 2. The van der Waals surface area contributed by atoms with E-state index in [1.54, 1.807) is 6.20 Å². The van der Waals surface area contributed by atoms with Crippen molar-refractivity contribution in [3.8, 4) is 5.75 Å². The predicted molar refractivity (Wildman–Crippen MR) is 145 cm³/mol. The first-order chi connectivity index (χ1) is 17.7. The lowest BCUT2D eigenvalue weighted by atomic mass is 10.2. The van der Waals surface area contributed by atoms with Crippen molar-refractivity contribution in [2.24, 2.45) is 7.05 Å². The van der Waals surface area contributed by atoms with E-state index in [0.717, 1.165) is 44.1 Å². The Morgan fingerprint density at radius 3 is 2.67 bits per heavy atom. The fraction of sp³-hybridized carbons (Fsp3) is 0.214. The van der Waals surface area contributed by atoms with Crippen molar-refractivity contribution in [1.82, 2.24) is 14.5 Å². The van der Waals surface area contributed by atoms with Crippen LogP contribution in [-0.2, 0) is 16.0 Å². The average Bonchev–Trinajstić information content (AvgIpc) is 3.18. The second kappa shape index (κ2) is 11.4. The van der Waals surface area contributed by atoms with Crippen LogP contribution in [0.1, 0.15) is 5.56 Å². The molecule has 5 aromatic rings. The van der Waals surface area contributed by atoms with Gasteiger partial charge in [-0.15, -0.1) is 0 Å². The Morgan fingerprint density at radius 1 is 0.917 bits per heavy atom. The van der Waals surface area contributed by atoms with E-state index in [1.807, 2.05) is 61.8 Å². The minimum absolute atomic E-state index is 0.461. The minimum atomic E-state index is 0.461. The van der Waals surface area contributed by atoms with E-state index in [9.17, 15) is 0 Å². The van der Waals surface area contributed by atoms with Crippen molar-refractivity contribution < 1.29 is 13.7 Å². The van der Waals surface area contributed by atoms with Gasteiger partial charge in [0.05, 0.1) is 25.3 Å². The number of rotatable bonds is 11. The van der Waals surface area contributed by atoms with Gasteiger partial charge < -0.3 is 23.5 Å². The SMILES string of the molecule is Cc1ccc(SOCCOCCOc2cccc(Nc3ccc4c5cnccc5n(C)c4n3)c2)cc1. The van der Waals surface area contributed by atoms with Gasteiger partial charge in [-0.3, -0.25) is 4.98 Å². The summed E-state index contributed by atoms with van der Waals surface area (Å²) in [5, 5.41) is 5.56. The van der Waals surface area contributed by atoms with Crippen LogP contribution in [-0.4, -0.2) is 41.0 Å². The van der Waals surface area contributed by atoms with Crippen LogP contribution in [0.25, 0.3) is 21.9 Å². The summed E-state index contributed by atoms with van der Waals surface area (Å²) in [6, 6.07) is 22.1. The molecule has 2 aromatic carbocycles. The Balaban J connectivity index is 1.08. The van der Waals surface area contributed by atoms with Crippen LogP contribution in [0.15, 0.2) is 84.0 Å². The number of anilines is 2. The molecule has 0 aliphatic rings. The van der Waals surface area contributed by atoms with Crippen molar-refractivity contribution in [3.63, 3.8) is 0 Å². The van der Waals surface area contributed by atoms with Crippen molar-refractivity contribution in [1.29, 1.82) is 0 Å². The lowest BCUT2D eigenvalue weighted by Gasteiger charge is -2.10. The molecule has 3 aromatic heterocycles. The van der Waals surface area contributed by atoms with Crippen LogP contribution in [0.2, 0.25) is 0 Å². The van der Waals surface area contributed by atoms with Crippen molar-refractivity contribution >= 4 is 45.5 Å². The van der Waals surface area contributed by atoms with Gasteiger partial charge in [0.25, 0.3) is 0 Å². The van der Waals surface area contributed by atoms with E-state index < -0.39 is 0 Å². The summed E-state index contributed by atoms with van der Waals surface area (Å²) in [5.41, 5.74) is 4.16. The van der Waals surface area contributed by atoms with E-state index in [4.69, 9.17) is 18.6 Å². The molecular weight excluding hydrogens is 472 g/mol. The first kappa shape index (κ1) is 24.1. The Labute approximate surface area is 214 Å². The normalized spacial score (nSPS) is 11.3. The molecule has 0 amide bonds. The lowest BCUT2D eigenvalue weighted by Crippen LogP contribution is -2.09. The zero-order valence-corrected chi connectivity index (χ0v) is 21.1. The molecule has 0 unspecified atom stereocenters. The fourth-order valence-corrected chi connectivity index (χ4v) is 4.45. The van der Waals surface area contributed by atoms with Crippen molar-refractivity contribution in [3.05, 3.63) is 84.7 Å². The highest BCUT2D eigenvalue weighted by Crippen LogP contribution is 2.28. The van der Waals surface area contributed by atoms with Crippen LogP contribution in [0, 0.1) is 6.92 Å². The number of aromatic nitrogens is 3. The Morgan fingerprint density at radius 2 is 1.78 bits per heavy atom. The molecule has 0 bridgehead atoms. The van der Waals surface area contributed by atoms with E-state index >= 15 is 0 Å². The highest BCUT2D eigenvalue weighted by atomic mass is 32.2. The smallest absolute Gasteiger partial charge is 0.143 e. The van der Waals surface area contributed by atoms with Gasteiger partial charge >= 0.3 is 0 Å². The molecule has 0 spiro atoms. The van der Waals surface area contributed by atoms with Crippen LogP contribution in [0.3, 0.4) is 0 Å². The summed E-state index contributed by atoms with van der Waals surface area (Å²) in [6.07, 6.45) is 3.69. The number of fused-ring (bicyclic) bond motifs is 3. The summed E-state index contributed by atoms with van der Waals surface area (Å²) in [5.74, 6) is 1.54. The molecule has 0 saturated carbocycles. The molecule has 184 valence electrons. The van der Waals surface area contributed by atoms with E-state index in [2.05, 4.69) is 40.0 Å². The van der Waals surface area contributed by atoms with Gasteiger partial charge in [0.15, 0.2) is 0 Å². The first-order valence-corrected chi connectivity index (χ1v) is 12.5. The zero-order valence-electron chi connectivity index (χ0n) is 20.3. The molecule has 0 atom stereocenters. The molecule has 0 radical (unpaired) electrons. The summed E-state index contributed by atoms with van der Waals surface area (Å²) >= 11 is 1.37. The Hall–Kier alpha value is -3.59. The molecule has 7 nitrogen and oxygen atoms in total. The van der Waals surface area contributed by atoms with Crippen LogP contribution < -0.4 is 10.1 Å². The second-order valence-electron chi connectivity index (χ2n) is 8.35. The number of nitrogens with one attached hydrogen (secondary N) is 1. The van der Waals surface area contributed by atoms with Gasteiger partial charge in [-0.2, -0.15) is 0 Å². The minimum Gasteiger partial charge on any atom is -0.491 e. The Kier molecular flexibility index (Phi) is 7.66. The van der Waals surface area contributed by atoms with Crippen LogP contribution in [0.5, 0.6) is 5.75 Å². The molecule has 0 saturated heterocycles. The topological polar surface area (TPSA) is 70.4 Å². The fourth-order valence-electron chi connectivity index (χ4n) is 3.91. The number of hydrogen-bond acceptors (Lipinski definition) is 7. The number of nitrogens with zero attached hydrogens (tertiary/aromatic N) is 3. The van der Waals surface area contributed by atoms with Gasteiger partial charge in [-0.1, -0.05) is 23.8 Å². The lowest BCUT2D eigenvalue weighted by molar-refractivity contribution is 0.0811. The monoisotopic (exact) mass is 500 g/mol. The van der Waals surface area contributed by atoms with Gasteiger partial charge in [0.2, 0.25) is 0 Å². The number of ether oxygens (including phenoxy) is 2. The average molecular weight is 501 g/mol. The number of hydrogen-bond donors (Lipinski definition) is 1. The quantitative estimate of drug-likeness (QED) is 0.169. The van der Waals surface area contributed by atoms with Crippen LogP contribution >= 0.6 is 12.0 Å². The van der Waals surface area contributed by atoms with E-state index in [1.165, 1.54) is 17.6 Å².